The standard InChI is InChI=1S/C14H16Cl2FN3/c1-2-6-20-14(11(16)8-19-20)13(18)7-9-10(15)4-3-5-12(9)17/h3-5,8,13H,2,6-7,18H2,1H3. The summed E-state index contributed by atoms with van der Waals surface area (Å²) in [4.78, 5) is 0. The Hall–Kier alpha value is -1.10. The molecular formula is C14H16Cl2FN3. The lowest BCUT2D eigenvalue weighted by Gasteiger charge is -2.16. The van der Waals surface area contributed by atoms with Crippen molar-refractivity contribution in [3.63, 3.8) is 0 Å². The van der Waals surface area contributed by atoms with Gasteiger partial charge in [-0.15, -0.1) is 0 Å². The number of aryl methyl sites for hydroxylation is 1. The van der Waals surface area contributed by atoms with E-state index in [2.05, 4.69) is 5.10 Å². The highest BCUT2D eigenvalue weighted by Gasteiger charge is 2.19. The van der Waals surface area contributed by atoms with Gasteiger partial charge in [0, 0.05) is 17.1 Å². The first-order valence-corrected chi connectivity index (χ1v) is 7.19. The van der Waals surface area contributed by atoms with Crippen LogP contribution in [0.15, 0.2) is 24.4 Å². The molecule has 0 saturated heterocycles. The summed E-state index contributed by atoms with van der Waals surface area (Å²) in [7, 11) is 0. The average Bonchev–Trinajstić information content (AvgIpc) is 2.76. The normalized spacial score (nSPS) is 12.7. The van der Waals surface area contributed by atoms with Crippen LogP contribution in [-0.4, -0.2) is 9.78 Å². The molecule has 0 aliphatic rings. The van der Waals surface area contributed by atoms with Gasteiger partial charge in [0.1, 0.15) is 5.82 Å². The van der Waals surface area contributed by atoms with Crippen LogP contribution in [0.1, 0.15) is 30.6 Å². The first-order chi connectivity index (χ1) is 9.54. The summed E-state index contributed by atoms with van der Waals surface area (Å²) in [6, 6.07) is 4.14. The molecule has 0 amide bonds. The summed E-state index contributed by atoms with van der Waals surface area (Å²) in [5, 5.41) is 5.06. The maximum Gasteiger partial charge on any atom is 0.127 e. The van der Waals surface area contributed by atoms with Crippen molar-refractivity contribution in [3.8, 4) is 0 Å². The Morgan fingerprint density at radius 3 is 2.75 bits per heavy atom. The van der Waals surface area contributed by atoms with E-state index in [4.69, 9.17) is 28.9 Å². The third-order valence-electron chi connectivity index (χ3n) is 3.11. The van der Waals surface area contributed by atoms with Crippen LogP contribution < -0.4 is 5.73 Å². The number of nitrogens with two attached hydrogens (primary N) is 1. The third-order valence-corrected chi connectivity index (χ3v) is 3.75. The minimum Gasteiger partial charge on any atom is -0.322 e. The topological polar surface area (TPSA) is 43.8 Å². The molecule has 6 heteroatoms. The minimum atomic E-state index is -0.453. The van der Waals surface area contributed by atoms with E-state index in [9.17, 15) is 4.39 Å². The molecule has 3 nitrogen and oxygen atoms in total. The highest BCUT2D eigenvalue weighted by molar-refractivity contribution is 6.31. The van der Waals surface area contributed by atoms with Crippen molar-refractivity contribution in [2.45, 2.75) is 32.4 Å². The van der Waals surface area contributed by atoms with Crippen molar-refractivity contribution in [2.75, 3.05) is 0 Å². The van der Waals surface area contributed by atoms with E-state index in [0.717, 1.165) is 13.0 Å². The SMILES string of the molecule is CCCn1ncc(Cl)c1C(N)Cc1c(F)cccc1Cl. The number of hydrogen-bond donors (Lipinski definition) is 1. The largest absolute Gasteiger partial charge is 0.322 e. The Kier molecular flexibility index (Phi) is 5.02. The van der Waals surface area contributed by atoms with E-state index in [1.807, 2.05) is 6.92 Å². The van der Waals surface area contributed by atoms with Gasteiger partial charge < -0.3 is 5.73 Å². The molecular weight excluding hydrogens is 300 g/mol. The van der Waals surface area contributed by atoms with Gasteiger partial charge in [0.15, 0.2) is 0 Å². The van der Waals surface area contributed by atoms with Crippen molar-refractivity contribution in [2.24, 2.45) is 5.73 Å². The minimum absolute atomic E-state index is 0.278. The van der Waals surface area contributed by atoms with E-state index >= 15 is 0 Å². The van der Waals surface area contributed by atoms with Crippen molar-refractivity contribution >= 4 is 23.2 Å². The lowest BCUT2D eigenvalue weighted by atomic mass is 10.0. The molecule has 20 heavy (non-hydrogen) atoms. The van der Waals surface area contributed by atoms with E-state index < -0.39 is 6.04 Å². The quantitative estimate of drug-likeness (QED) is 0.906. The van der Waals surface area contributed by atoms with Crippen LogP contribution in [0.2, 0.25) is 10.0 Å². The van der Waals surface area contributed by atoms with Gasteiger partial charge in [-0.2, -0.15) is 5.10 Å². The molecule has 0 spiro atoms. The third kappa shape index (κ3) is 3.14. The van der Waals surface area contributed by atoms with Gasteiger partial charge in [0.05, 0.1) is 23.0 Å². The van der Waals surface area contributed by atoms with Crippen LogP contribution in [0.25, 0.3) is 0 Å². The molecule has 0 aliphatic carbocycles. The predicted molar refractivity (Wildman–Crippen MR) is 79.6 cm³/mol. The zero-order valence-corrected chi connectivity index (χ0v) is 12.6. The van der Waals surface area contributed by atoms with Gasteiger partial charge in [-0.05, 0) is 25.0 Å². The Bertz CT molecular complexity index is 578. The van der Waals surface area contributed by atoms with Gasteiger partial charge in [-0.1, -0.05) is 36.2 Å². The Morgan fingerprint density at radius 1 is 1.35 bits per heavy atom. The van der Waals surface area contributed by atoms with Crippen molar-refractivity contribution < 1.29 is 4.39 Å². The summed E-state index contributed by atoms with van der Waals surface area (Å²) in [5.41, 5.74) is 7.29. The van der Waals surface area contributed by atoms with E-state index in [0.29, 0.717) is 21.3 Å². The van der Waals surface area contributed by atoms with Crippen LogP contribution in [-0.2, 0) is 13.0 Å². The van der Waals surface area contributed by atoms with E-state index in [1.165, 1.54) is 6.07 Å². The monoisotopic (exact) mass is 315 g/mol. The first kappa shape index (κ1) is 15.3. The molecule has 2 N–H and O–H groups in total. The van der Waals surface area contributed by atoms with Crippen molar-refractivity contribution in [1.82, 2.24) is 9.78 Å². The Morgan fingerprint density at radius 2 is 2.10 bits per heavy atom. The fraction of sp³-hybridized carbons (Fsp3) is 0.357. The molecule has 0 aliphatic heterocycles. The Balaban J connectivity index is 2.28. The smallest absolute Gasteiger partial charge is 0.127 e. The highest BCUT2D eigenvalue weighted by Crippen LogP contribution is 2.28. The number of hydrogen-bond acceptors (Lipinski definition) is 2. The van der Waals surface area contributed by atoms with Crippen LogP contribution in [0.5, 0.6) is 0 Å². The zero-order chi connectivity index (χ0) is 14.7. The number of nitrogens with zero attached hydrogens (tertiary/aromatic N) is 2. The molecule has 1 heterocycles. The van der Waals surface area contributed by atoms with Crippen LogP contribution >= 0.6 is 23.2 Å². The molecule has 2 rings (SSSR count). The lowest BCUT2D eigenvalue weighted by Crippen LogP contribution is -2.19. The molecule has 2 aromatic rings. The number of aromatic nitrogens is 2. The zero-order valence-electron chi connectivity index (χ0n) is 11.1. The predicted octanol–water partition coefficient (Wildman–Crippen LogP) is 3.98. The maximum atomic E-state index is 13.8. The second kappa shape index (κ2) is 6.57. The average molecular weight is 316 g/mol. The molecule has 0 radical (unpaired) electrons. The Labute approximate surface area is 127 Å². The second-order valence-electron chi connectivity index (χ2n) is 4.61. The molecule has 1 aromatic carbocycles. The van der Waals surface area contributed by atoms with Gasteiger partial charge in [-0.3, -0.25) is 4.68 Å². The molecule has 0 saturated carbocycles. The van der Waals surface area contributed by atoms with Crippen LogP contribution in [0, 0.1) is 5.82 Å². The van der Waals surface area contributed by atoms with Crippen LogP contribution in [0.4, 0.5) is 4.39 Å². The summed E-state index contributed by atoms with van der Waals surface area (Å²) >= 11 is 12.2. The summed E-state index contributed by atoms with van der Waals surface area (Å²) < 4.78 is 15.6. The highest BCUT2D eigenvalue weighted by atomic mass is 35.5. The fourth-order valence-electron chi connectivity index (χ4n) is 2.17. The van der Waals surface area contributed by atoms with Crippen molar-refractivity contribution in [3.05, 3.63) is 51.5 Å². The van der Waals surface area contributed by atoms with Crippen LogP contribution in [0.3, 0.4) is 0 Å². The summed E-state index contributed by atoms with van der Waals surface area (Å²) in [5.74, 6) is -0.356. The molecule has 0 fully saturated rings. The van der Waals surface area contributed by atoms with Gasteiger partial charge in [0.2, 0.25) is 0 Å². The number of halogens is 3. The lowest BCUT2D eigenvalue weighted by molar-refractivity contribution is 0.529. The number of rotatable bonds is 5. The van der Waals surface area contributed by atoms with Gasteiger partial charge in [-0.25, -0.2) is 4.39 Å². The van der Waals surface area contributed by atoms with Crippen molar-refractivity contribution in [1.29, 1.82) is 0 Å². The first-order valence-electron chi connectivity index (χ1n) is 6.44. The fourth-order valence-corrected chi connectivity index (χ4v) is 2.70. The molecule has 1 unspecified atom stereocenters. The second-order valence-corrected chi connectivity index (χ2v) is 5.43. The number of benzene rings is 1. The maximum absolute atomic E-state index is 13.8. The molecule has 1 aromatic heterocycles. The van der Waals surface area contributed by atoms with Gasteiger partial charge in [0.25, 0.3) is 0 Å². The molecule has 1 atom stereocenters. The van der Waals surface area contributed by atoms with E-state index in [1.54, 1.807) is 23.0 Å². The van der Waals surface area contributed by atoms with E-state index in [-0.39, 0.29) is 12.2 Å². The van der Waals surface area contributed by atoms with Gasteiger partial charge >= 0.3 is 0 Å². The summed E-state index contributed by atoms with van der Waals surface area (Å²) in [6.07, 6.45) is 2.76. The molecule has 108 valence electrons. The summed E-state index contributed by atoms with van der Waals surface area (Å²) in [6.45, 7) is 2.76. The molecule has 0 bridgehead atoms.